The summed E-state index contributed by atoms with van der Waals surface area (Å²) >= 11 is 0. The standard InChI is InChI=1S/C17H16N2/c18-12-14-5-3-4-13(10-14)11-16-9-8-15-6-1-2-7-17(15)19-16/h1-10H,11-12,18H2. The smallest absolute Gasteiger partial charge is 0.0705 e. The molecule has 2 nitrogen and oxygen atoms in total. The Kier molecular flexibility index (Phi) is 3.25. The number of nitrogens with two attached hydrogens (primary N) is 1. The van der Waals surface area contributed by atoms with Crippen LogP contribution in [-0.4, -0.2) is 4.98 Å². The van der Waals surface area contributed by atoms with Crippen LogP contribution in [0.5, 0.6) is 0 Å². The Bertz CT molecular complexity index is 704. The van der Waals surface area contributed by atoms with Crippen LogP contribution < -0.4 is 5.73 Å². The summed E-state index contributed by atoms with van der Waals surface area (Å²) in [5.74, 6) is 0. The lowest BCUT2D eigenvalue weighted by Crippen LogP contribution is -1.98. The molecule has 0 saturated carbocycles. The van der Waals surface area contributed by atoms with E-state index in [1.807, 2.05) is 12.1 Å². The molecule has 0 fully saturated rings. The van der Waals surface area contributed by atoms with Crippen molar-refractivity contribution < 1.29 is 0 Å². The van der Waals surface area contributed by atoms with Gasteiger partial charge in [-0.1, -0.05) is 48.5 Å². The summed E-state index contributed by atoms with van der Waals surface area (Å²) in [5, 5.41) is 1.18. The predicted molar refractivity (Wildman–Crippen MR) is 78.9 cm³/mol. The number of hydrogen-bond donors (Lipinski definition) is 1. The molecule has 94 valence electrons. The van der Waals surface area contributed by atoms with Gasteiger partial charge in [-0.25, -0.2) is 0 Å². The number of hydrogen-bond acceptors (Lipinski definition) is 2. The Labute approximate surface area is 112 Å². The van der Waals surface area contributed by atoms with E-state index in [1.165, 1.54) is 16.5 Å². The molecule has 2 N–H and O–H groups in total. The molecule has 2 heteroatoms. The minimum atomic E-state index is 0.582. The van der Waals surface area contributed by atoms with Gasteiger partial charge in [0.25, 0.3) is 0 Å². The van der Waals surface area contributed by atoms with E-state index in [-0.39, 0.29) is 0 Å². The molecule has 19 heavy (non-hydrogen) atoms. The quantitative estimate of drug-likeness (QED) is 0.772. The Morgan fingerprint density at radius 2 is 1.68 bits per heavy atom. The van der Waals surface area contributed by atoms with Crippen LogP contribution in [0.1, 0.15) is 16.8 Å². The van der Waals surface area contributed by atoms with Gasteiger partial charge in [-0.2, -0.15) is 0 Å². The molecule has 0 radical (unpaired) electrons. The molecule has 3 aromatic rings. The van der Waals surface area contributed by atoms with Gasteiger partial charge in [0.15, 0.2) is 0 Å². The highest BCUT2D eigenvalue weighted by Gasteiger charge is 2.01. The van der Waals surface area contributed by atoms with Gasteiger partial charge >= 0.3 is 0 Å². The molecule has 2 aromatic carbocycles. The molecule has 3 rings (SSSR count). The van der Waals surface area contributed by atoms with E-state index in [4.69, 9.17) is 10.7 Å². The summed E-state index contributed by atoms with van der Waals surface area (Å²) in [5.41, 5.74) is 10.2. The van der Waals surface area contributed by atoms with Crippen molar-refractivity contribution in [2.75, 3.05) is 0 Å². The third kappa shape index (κ3) is 2.64. The lowest BCUT2D eigenvalue weighted by Gasteiger charge is -2.05. The molecule has 0 spiro atoms. The van der Waals surface area contributed by atoms with Crippen molar-refractivity contribution >= 4 is 10.9 Å². The minimum Gasteiger partial charge on any atom is -0.326 e. The number of pyridine rings is 1. The van der Waals surface area contributed by atoms with Crippen LogP contribution >= 0.6 is 0 Å². The van der Waals surface area contributed by atoms with Crippen LogP contribution in [0.25, 0.3) is 10.9 Å². The third-order valence-electron chi connectivity index (χ3n) is 3.27. The average molecular weight is 248 g/mol. The van der Waals surface area contributed by atoms with Crippen molar-refractivity contribution in [1.29, 1.82) is 0 Å². The molecule has 0 amide bonds. The van der Waals surface area contributed by atoms with E-state index < -0.39 is 0 Å². The van der Waals surface area contributed by atoms with Gasteiger partial charge in [0.05, 0.1) is 5.52 Å². The lowest BCUT2D eigenvalue weighted by molar-refractivity contribution is 1.04. The van der Waals surface area contributed by atoms with Crippen molar-refractivity contribution in [3.63, 3.8) is 0 Å². The first-order valence-electron chi connectivity index (χ1n) is 6.48. The first-order chi connectivity index (χ1) is 9.35. The Balaban J connectivity index is 1.92. The SMILES string of the molecule is NCc1cccc(Cc2ccc3ccccc3n2)c1. The van der Waals surface area contributed by atoms with E-state index in [2.05, 4.69) is 48.5 Å². The van der Waals surface area contributed by atoms with Crippen LogP contribution in [0.4, 0.5) is 0 Å². The Hall–Kier alpha value is -2.19. The van der Waals surface area contributed by atoms with Gasteiger partial charge in [-0.15, -0.1) is 0 Å². The molecule has 0 unspecified atom stereocenters. The second-order valence-corrected chi connectivity index (χ2v) is 4.70. The van der Waals surface area contributed by atoms with Crippen LogP contribution in [-0.2, 0) is 13.0 Å². The van der Waals surface area contributed by atoms with Crippen LogP contribution in [0.15, 0.2) is 60.7 Å². The molecule has 0 aliphatic heterocycles. The molecule has 0 bridgehead atoms. The highest BCUT2D eigenvalue weighted by molar-refractivity contribution is 5.78. The highest BCUT2D eigenvalue weighted by atomic mass is 14.7. The fourth-order valence-electron chi connectivity index (χ4n) is 2.28. The van der Waals surface area contributed by atoms with Gasteiger partial charge in [0, 0.05) is 24.0 Å². The summed E-state index contributed by atoms with van der Waals surface area (Å²) in [4.78, 5) is 4.69. The summed E-state index contributed by atoms with van der Waals surface area (Å²) in [6.07, 6.45) is 0.846. The van der Waals surface area contributed by atoms with Crippen molar-refractivity contribution in [3.8, 4) is 0 Å². The maximum atomic E-state index is 5.67. The Morgan fingerprint density at radius 3 is 2.58 bits per heavy atom. The van der Waals surface area contributed by atoms with Gasteiger partial charge in [-0.3, -0.25) is 4.98 Å². The molecule has 1 heterocycles. The van der Waals surface area contributed by atoms with Crippen molar-refractivity contribution in [1.82, 2.24) is 4.98 Å². The number of rotatable bonds is 3. The van der Waals surface area contributed by atoms with Gasteiger partial charge in [-0.05, 0) is 23.3 Å². The molecule has 0 saturated heterocycles. The molecule has 0 aliphatic rings. The van der Waals surface area contributed by atoms with Gasteiger partial charge in [0.2, 0.25) is 0 Å². The maximum Gasteiger partial charge on any atom is 0.0705 e. The number of benzene rings is 2. The molecular weight excluding hydrogens is 232 g/mol. The molecule has 1 aromatic heterocycles. The number of aromatic nitrogens is 1. The monoisotopic (exact) mass is 248 g/mol. The fourth-order valence-corrected chi connectivity index (χ4v) is 2.28. The second kappa shape index (κ2) is 5.21. The summed E-state index contributed by atoms with van der Waals surface area (Å²) in [7, 11) is 0. The van der Waals surface area contributed by atoms with Crippen LogP contribution in [0, 0.1) is 0 Å². The maximum absolute atomic E-state index is 5.67. The van der Waals surface area contributed by atoms with E-state index in [0.29, 0.717) is 6.54 Å². The van der Waals surface area contributed by atoms with E-state index in [0.717, 1.165) is 17.6 Å². The van der Waals surface area contributed by atoms with Crippen molar-refractivity contribution in [2.24, 2.45) is 5.73 Å². The van der Waals surface area contributed by atoms with Crippen LogP contribution in [0.3, 0.4) is 0 Å². The summed E-state index contributed by atoms with van der Waals surface area (Å²) < 4.78 is 0. The largest absolute Gasteiger partial charge is 0.326 e. The summed E-state index contributed by atoms with van der Waals surface area (Å²) in [6.45, 7) is 0.582. The van der Waals surface area contributed by atoms with Crippen molar-refractivity contribution in [2.45, 2.75) is 13.0 Å². The number of nitrogens with zero attached hydrogens (tertiary/aromatic N) is 1. The zero-order valence-corrected chi connectivity index (χ0v) is 10.7. The average Bonchev–Trinajstić information content (AvgIpc) is 2.47. The third-order valence-corrected chi connectivity index (χ3v) is 3.27. The van der Waals surface area contributed by atoms with E-state index >= 15 is 0 Å². The zero-order valence-electron chi connectivity index (χ0n) is 10.7. The minimum absolute atomic E-state index is 0.582. The Morgan fingerprint density at radius 1 is 0.842 bits per heavy atom. The van der Waals surface area contributed by atoms with Gasteiger partial charge in [0.1, 0.15) is 0 Å². The summed E-state index contributed by atoms with van der Waals surface area (Å²) in [6, 6.07) is 20.8. The molecular formula is C17H16N2. The van der Waals surface area contributed by atoms with E-state index in [9.17, 15) is 0 Å². The number of fused-ring (bicyclic) bond motifs is 1. The molecule has 0 atom stereocenters. The van der Waals surface area contributed by atoms with Crippen LogP contribution in [0.2, 0.25) is 0 Å². The molecule has 0 aliphatic carbocycles. The topological polar surface area (TPSA) is 38.9 Å². The first kappa shape index (κ1) is 11.9. The normalized spacial score (nSPS) is 10.8. The lowest BCUT2D eigenvalue weighted by atomic mass is 10.1. The van der Waals surface area contributed by atoms with E-state index in [1.54, 1.807) is 0 Å². The first-order valence-corrected chi connectivity index (χ1v) is 6.48. The van der Waals surface area contributed by atoms with Crippen molar-refractivity contribution in [3.05, 3.63) is 77.5 Å². The van der Waals surface area contributed by atoms with Gasteiger partial charge < -0.3 is 5.73 Å². The fraction of sp³-hybridized carbons (Fsp3) is 0.118. The highest BCUT2D eigenvalue weighted by Crippen LogP contribution is 2.15. The number of para-hydroxylation sites is 1. The predicted octanol–water partition coefficient (Wildman–Crippen LogP) is 3.28. The zero-order chi connectivity index (χ0) is 13.1. The second-order valence-electron chi connectivity index (χ2n) is 4.70.